The van der Waals surface area contributed by atoms with Crippen molar-refractivity contribution in [1.82, 2.24) is 10.6 Å². The van der Waals surface area contributed by atoms with Crippen molar-refractivity contribution in [3.05, 3.63) is 0 Å². The lowest BCUT2D eigenvalue weighted by molar-refractivity contribution is -0.123. The molecule has 4 unspecified atom stereocenters. The van der Waals surface area contributed by atoms with Crippen LogP contribution in [0.15, 0.2) is 0 Å². The summed E-state index contributed by atoms with van der Waals surface area (Å²) in [5, 5.41) is 6.75. The molecule has 20 heavy (non-hydrogen) atoms. The van der Waals surface area contributed by atoms with Crippen molar-refractivity contribution in [3.8, 4) is 0 Å². The normalized spacial score (nSPS) is 32.6. The second-order valence-electron chi connectivity index (χ2n) is 6.99. The molecular weight excluding hydrogens is 248 g/mol. The van der Waals surface area contributed by atoms with Crippen molar-refractivity contribution >= 4 is 5.91 Å². The lowest BCUT2D eigenvalue weighted by Crippen LogP contribution is -2.40. The predicted octanol–water partition coefficient (Wildman–Crippen LogP) is 3.10. The second-order valence-corrected chi connectivity index (χ2v) is 6.99. The molecule has 0 aromatic heterocycles. The van der Waals surface area contributed by atoms with E-state index in [9.17, 15) is 4.79 Å². The van der Waals surface area contributed by atoms with E-state index in [4.69, 9.17) is 0 Å². The third kappa shape index (κ3) is 4.76. The standard InChI is InChI=1S/C17H32N2O/c1-3-14-6-4-8-16(11-14)19-17(20)10-13(2)15-7-5-9-18-12-15/h13-16,18H,3-12H2,1-2H3,(H,19,20). The molecule has 3 nitrogen and oxygen atoms in total. The fourth-order valence-corrected chi connectivity index (χ4v) is 3.90. The molecule has 2 fully saturated rings. The van der Waals surface area contributed by atoms with Gasteiger partial charge in [0, 0.05) is 12.5 Å². The van der Waals surface area contributed by atoms with Gasteiger partial charge in [-0.1, -0.05) is 33.1 Å². The summed E-state index contributed by atoms with van der Waals surface area (Å²) < 4.78 is 0. The van der Waals surface area contributed by atoms with Gasteiger partial charge in [-0.05, 0) is 56.5 Å². The van der Waals surface area contributed by atoms with Crippen molar-refractivity contribution < 1.29 is 4.79 Å². The number of hydrogen-bond donors (Lipinski definition) is 2. The van der Waals surface area contributed by atoms with Gasteiger partial charge < -0.3 is 10.6 Å². The van der Waals surface area contributed by atoms with E-state index in [1.165, 1.54) is 44.9 Å². The summed E-state index contributed by atoms with van der Waals surface area (Å²) >= 11 is 0. The zero-order valence-electron chi connectivity index (χ0n) is 13.3. The van der Waals surface area contributed by atoms with Gasteiger partial charge in [0.05, 0.1) is 0 Å². The van der Waals surface area contributed by atoms with E-state index in [2.05, 4.69) is 24.5 Å². The quantitative estimate of drug-likeness (QED) is 0.812. The predicted molar refractivity (Wildman–Crippen MR) is 83.6 cm³/mol. The van der Waals surface area contributed by atoms with E-state index in [-0.39, 0.29) is 5.91 Å². The maximum Gasteiger partial charge on any atom is 0.220 e. The Bertz CT molecular complexity index is 293. The molecule has 0 radical (unpaired) electrons. The monoisotopic (exact) mass is 280 g/mol. The lowest BCUT2D eigenvalue weighted by atomic mass is 9.83. The van der Waals surface area contributed by atoms with Crippen molar-refractivity contribution in [2.24, 2.45) is 17.8 Å². The number of carbonyl (C=O) groups is 1. The number of rotatable bonds is 5. The van der Waals surface area contributed by atoms with E-state index in [1.54, 1.807) is 0 Å². The van der Waals surface area contributed by atoms with Crippen LogP contribution in [0.2, 0.25) is 0 Å². The van der Waals surface area contributed by atoms with Gasteiger partial charge in [0.2, 0.25) is 5.91 Å². The molecule has 0 spiro atoms. The maximum absolute atomic E-state index is 12.2. The van der Waals surface area contributed by atoms with Crippen LogP contribution in [0.3, 0.4) is 0 Å². The number of nitrogens with one attached hydrogen (secondary N) is 2. The highest BCUT2D eigenvalue weighted by molar-refractivity contribution is 5.76. The Labute approximate surface area is 124 Å². The Morgan fingerprint density at radius 2 is 2.15 bits per heavy atom. The third-order valence-corrected chi connectivity index (χ3v) is 5.37. The molecule has 4 atom stereocenters. The van der Waals surface area contributed by atoms with Gasteiger partial charge in [-0.2, -0.15) is 0 Å². The van der Waals surface area contributed by atoms with E-state index in [1.807, 2.05) is 0 Å². The highest BCUT2D eigenvalue weighted by Gasteiger charge is 2.25. The zero-order chi connectivity index (χ0) is 14.4. The van der Waals surface area contributed by atoms with Gasteiger partial charge in [0.25, 0.3) is 0 Å². The maximum atomic E-state index is 12.2. The summed E-state index contributed by atoms with van der Waals surface area (Å²) in [6, 6.07) is 0.442. The molecule has 0 aromatic rings. The summed E-state index contributed by atoms with van der Waals surface area (Å²) in [5.41, 5.74) is 0. The van der Waals surface area contributed by atoms with E-state index >= 15 is 0 Å². The summed E-state index contributed by atoms with van der Waals surface area (Å²) in [6.45, 7) is 6.76. The zero-order valence-corrected chi connectivity index (χ0v) is 13.3. The molecule has 2 aliphatic rings. The molecule has 1 heterocycles. The molecule has 3 heteroatoms. The Balaban J connectivity index is 1.71. The van der Waals surface area contributed by atoms with Gasteiger partial charge >= 0.3 is 0 Å². The van der Waals surface area contributed by atoms with Gasteiger partial charge in [-0.25, -0.2) is 0 Å². The highest BCUT2D eigenvalue weighted by atomic mass is 16.1. The van der Waals surface area contributed by atoms with Crippen LogP contribution in [-0.4, -0.2) is 25.0 Å². The third-order valence-electron chi connectivity index (χ3n) is 5.37. The summed E-state index contributed by atoms with van der Waals surface area (Å²) in [7, 11) is 0. The van der Waals surface area contributed by atoms with E-state index in [0.29, 0.717) is 24.3 Å². The van der Waals surface area contributed by atoms with Gasteiger partial charge in [-0.15, -0.1) is 0 Å². The molecule has 1 saturated heterocycles. The fraction of sp³-hybridized carbons (Fsp3) is 0.941. The van der Waals surface area contributed by atoms with Gasteiger partial charge in [-0.3, -0.25) is 4.79 Å². The number of carbonyl (C=O) groups excluding carboxylic acids is 1. The van der Waals surface area contributed by atoms with Crippen LogP contribution in [0.5, 0.6) is 0 Å². The molecule has 1 saturated carbocycles. The van der Waals surface area contributed by atoms with Crippen LogP contribution in [0.1, 0.15) is 65.2 Å². The minimum absolute atomic E-state index is 0.282. The van der Waals surface area contributed by atoms with Crippen molar-refractivity contribution in [2.75, 3.05) is 13.1 Å². The van der Waals surface area contributed by atoms with Crippen LogP contribution in [0.4, 0.5) is 0 Å². The smallest absolute Gasteiger partial charge is 0.220 e. The number of hydrogen-bond acceptors (Lipinski definition) is 2. The van der Waals surface area contributed by atoms with Crippen molar-refractivity contribution in [3.63, 3.8) is 0 Å². The SMILES string of the molecule is CCC1CCCC(NC(=O)CC(C)C2CCCNC2)C1. The molecule has 0 bridgehead atoms. The molecule has 2 N–H and O–H groups in total. The summed E-state index contributed by atoms with van der Waals surface area (Å²) in [5.74, 6) is 2.30. The molecule has 116 valence electrons. The lowest BCUT2D eigenvalue weighted by Gasteiger charge is -2.31. The minimum Gasteiger partial charge on any atom is -0.353 e. The molecule has 1 aliphatic carbocycles. The van der Waals surface area contributed by atoms with E-state index < -0.39 is 0 Å². The average molecular weight is 280 g/mol. The van der Waals surface area contributed by atoms with Crippen LogP contribution >= 0.6 is 0 Å². The molecule has 1 aliphatic heterocycles. The first-order chi connectivity index (χ1) is 9.69. The topological polar surface area (TPSA) is 41.1 Å². The largest absolute Gasteiger partial charge is 0.353 e. The molecule has 2 rings (SSSR count). The number of piperidine rings is 1. The highest BCUT2D eigenvalue weighted by Crippen LogP contribution is 2.27. The average Bonchev–Trinajstić information content (AvgIpc) is 2.48. The van der Waals surface area contributed by atoms with Crippen LogP contribution in [0, 0.1) is 17.8 Å². The fourth-order valence-electron chi connectivity index (χ4n) is 3.90. The van der Waals surface area contributed by atoms with Crippen molar-refractivity contribution in [1.29, 1.82) is 0 Å². The van der Waals surface area contributed by atoms with Gasteiger partial charge in [0.1, 0.15) is 0 Å². The molecular formula is C17H32N2O. The Hall–Kier alpha value is -0.570. The first kappa shape index (κ1) is 15.8. The van der Waals surface area contributed by atoms with Crippen molar-refractivity contribution in [2.45, 2.75) is 71.3 Å². The van der Waals surface area contributed by atoms with Crippen LogP contribution in [-0.2, 0) is 4.79 Å². The number of amides is 1. The van der Waals surface area contributed by atoms with Gasteiger partial charge in [0.15, 0.2) is 0 Å². The van der Waals surface area contributed by atoms with Crippen LogP contribution in [0.25, 0.3) is 0 Å². The van der Waals surface area contributed by atoms with E-state index in [0.717, 1.165) is 19.0 Å². The first-order valence-electron chi connectivity index (χ1n) is 8.69. The Kier molecular flexibility index (Phi) is 6.34. The first-order valence-corrected chi connectivity index (χ1v) is 8.69. The molecule has 1 amide bonds. The summed E-state index contributed by atoms with van der Waals surface area (Å²) in [4.78, 5) is 12.2. The summed E-state index contributed by atoms with van der Waals surface area (Å²) in [6.07, 6.45) is 9.53. The molecule has 0 aromatic carbocycles. The Morgan fingerprint density at radius 3 is 2.85 bits per heavy atom. The Morgan fingerprint density at radius 1 is 1.30 bits per heavy atom. The van der Waals surface area contributed by atoms with Crippen LogP contribution < -0.4 is 10.6 Å². The second kappa shape index (κ2) is 8.02. The minimum atomic E-state index is 0.282.